The highest BCUT2D eigenvalue weighted by Gasteiger charge is 2.30. The summed E-state index contributed by atoms with van der Waals surface area (Å²) in [5, 5.41) is 2.63. The van der Waals surface area contributed by atoms with Crippen LogP contribution in [0.15, 0.2) is 35.7 Å². The number of rotatable bonds is 3. The number of hydrogen-bond donors (Lipinski definition) is 1. The third kappa shape index (κ3) is 3.91. The second-order valence-electron chi connectivity index (χ2n) is 5.86. The van der Waals surface area contributed by atoms with Crippen LogP contribution < -0.4 is 5.73 Å². The van der Waals surface area contributed by atoms with E-state index >= 15 is 0 Å². The molecule has 23 heavy (non-hydrogen) atoms. The number of hydrogen-bond acceptors (Lipinski definition) is 4. The van der Waals surface area contributed by atoms with Crippen LogP contribution in [-0.4, -0.2) is 28.9 Å². The summed E-state index contributed by atoms with van der Waals surface area (Å²) in [6.07, 6.45) is 1.00. The van der Waals surface area contributed by atoms with E-state index in [2.05, 4.69) is 36.2 Å². The highest BCUT2D eigenvalue weighted by molar-refractivity contribution is 7.09. The molecule has 4 nitrogen and oxygen atoms in total. The Hall–Kier alpha value is -1.43. The highest BCUT2D eigenvalue weighted by atomic mass is 35.5. The van der Waals surface area contributed by atoms with Gasteiger partial charge in [-0.3, -0.25) is 4.79 Å². The van der Waals surface area contributed by atoms with E-state index in [1.54, 1.807) is 0 Å². The first-order chi connectivity index (χ1) is 10.7. The molecule has 1 aliphatic heterocycles. The first kappa shape index (κ1) is 17.9. The van der Waals surface area contributed by atoms with Crippen molar-refractivity contribution < 1.29 is 4.79 Å². The van der Waals surface area contributed by atoms with Gasteiger partial charge in [-0.25, -0.2) is 4.98 Å². The van der Waals surface area contributed by atoms with Crippen LogP contribution in [0.3, 0.4) is 0 Å². The Morgan fingerprint density at radius 3 is 2.74 bits per heavy atom. The first-order valence-electron chi connectivity index (χ1n) is 7.67. The smallest absolute Gasteiger partial charge is 0.273 e. The van der Waals surface area contributed by atoms with Crippen LogP contribution in [0.25, 0.3) is 0 Å². The van der Waals surface area contributed by atoms with E-state index in [9.17, 15) is 4.79 Å². The van der Waals surface area contributed by atoms with Crippen molar-refractivity contribution in [2.24, 2.45) is 11.7 Å². The zero-order valence-electron chi connectivity index (χ0n) is 13.1. The topological polar surface area (TPSA) is 59.2 Å². The standard InChI is InChI=1S/C17H21N3OS.ClH/c1-12-10-20(17(21)15-11-22-16(9-18)19-15)8-7-14(12)13-5-3-2-4-6-13;/h2-6,11-12,14H,7-10,18H2,1H3;1H. The van der Waals surface area contributed by atoms with Gasteiger partial charge in [-0.05, 0) is 23.8 Å². The number of piperidine rings is 1. The fourth-order valence-corrected chi connectivity index (χ4v) is 3.84. The molecule has 1 amide bonds. The third-order valence-electron chi connectivity index (χ3n) is 4.37. The SMILES string of the molecule is CC1CN(C(=O)c2csc(CN)n2)CCC1c1ccccc1.Cl. The van der Waals surface area contributed by atoms with Gasteiger partial charge < -0.3 is 10.6 Å². The second kappa shape index (κ2) is 7.90. The lowest BCUT2D eigenvalue weighted by Crippen LogP contribution is -2.42. The van der Waals surface area contributed by atoms with Crippen molar-refractivity contribution in [1.82, 2.24) is 9.88 Å². The molecule has 0 saturated carbocycles. The molecule has 1 aromatic heterocycles. The van der Waals surface area contributed by atoms with E-state index in [1.165, 1.54) is 16.9 Å². The van der Waals surface area contributed by atoms with E-state index in [0.29, 0.717) is 24.1 Å². The zero-order chi connectivity index (χ0) is 15.5. The molecule has 2 aromatic rings. The predicted octanol–water partition coefficient (Wildman–Crippen LogP) is 3.29. The third-order valence-corrected chi connectivity index (χ3v) is 5.24. The van der Waals surface area contributed by atoms with Crippen LogP contribution in [0.5, 0.6) is 0 Å². The van der Waals surface area contributed by atoms with Gasteiger partial charge in [-0.15, -0.1) is 23.7 Å². The number of likely N-dealkylation sites (tertiary alicyclic amines) is 1. The van der Waals surface area contributed by atoms with Gasteiger partial charge >= 0.3 is 0 Å². The predicted molar refractivity (Wildman–Crippen MR) is 96.1 cm³/mol. The molecule has 0 bridgehead atoms. The van der Waals surface area contributed by atoms with Gasteiger partial charge in [0.1, 0.15) is 10.7 Å². The van der Waals surface area contributed by atoms with Crippen molar-refractivity contribution in [3.63, 3.8) is 0 Å². The number of halogens is 1. The minimum Gasteiger partial charge on any atom is -0.337 e. The summed E-state index contributed by atoms with van der Waals surface area (Å²) in [5.41, 5.74) is 7.48. The Morgan fingerprint density at radius 2 is 2.13 bits per heavy atom. The molecule has 1 aromatic carbocycles. The molecule has 2 atom stereocenters. The van der Waals surface area contributed by atoms with Crippen molar-refractivity contribution in [2.75, 3.05) is 13.1 Å². The van der Waals surface area contributed by atoms with Gasteiger partial charge in [0.05, 0.1) is 0 Å². The Balaban J connectivity index is 0.00000192. The summed E-state index contributed by atoms with van der Waals surface area (Å²) in [7, 11) is 0. The van der Waals surface area contributed by atoms with Crippen molar-refractivity contribution in [3.8, 4) is 0 Å². The maximum atomic E-state index is 12.5. The molecule has 0 spiro atoms. The average Bonchev–Trinajstić information content (AvgIpc) is 3.04. The summed E-state index contributed by atoms with van der Waals surface area (Å²) < 4.78 is 0. The summed E-state index contributed by atoms with van der Waals surface area (Å²) in [4.78, 5) is 18.8. The molecule has 2 N–H and O–H groups in total. The minimum atomic E-state index is 0. The van der Waals surface area contributed by atoms with Crippen LogP contribution in [0, 0.1) is 5.92 Å². The number of nitrogens with two attached hydrogens (primary N) is 1. The maximum absolute atomic E-state index is 12.5. The quantitative estimate of drug-likeness (QED) is 0.923. The van der Waals surface area contributed by atoms with Gasteiger partial charge in [-0.1, -0.05) is 37.3 Å². The number of carbonyl (C=O) groups is 1. The number of nitrogens with zero attached hydrogens (tertiary/aromatic N) is 2. The van der Waals surface area contributed by atoms with Crippen LogP contribution in [0.2, 0.25) is 0 Å². The van der Waals surface area contributed by atoms with E-state index in [1.807, 2.05) is 16.3 Å². The Morgan fingerprint density at radius 1 is 1.39 bits per heavy atom. The molecule has 3 rings (SSSR count). The number of thiazole rings is 1. The van der Waals surface area contributed by atoms with E-state index < -0.39 is 0 Å². The molecule has 6 heteroatoms. The molecular weight excluding hydrogens is 330 g/mol. The van der Waals surface area contributed by atoms with Crippen molar-refractivity contribution >= 4 is 29.7 Å². The molecule has 0 aliphatic carbocycles. The monoisotopic (exact) mass is 351 g/mol. The lowest BCUT2D eigenvalue weighted by molar-refractivity contribution is 0.0655. The Labute approximate surface area is 147 Å². The number of aromatic nitrogens is 1. The van der Waals surface area contributed by atoms with Crippen LogP contribution in [-0.2, 0) is 6.54 Å². The van der Waals surface area contributed by atoms with Gasteiger partial charge in [0, 0.05) is 25.0 Å². The molecule has 0 radical (unpaired) electrons. The largest absolute Gasteiger partial charge is 0.337 e. The molecule has 1 saturated heterocycles. The summed E-state index contributed by atoms with van der Waals surface area (Å²) in [5.74, 6) is 1.02. The zero-order valence-corrected chi connectivity index (χ0v) is 14.8. The summed E-state index contributed by atoms with van der Waals surface area (Å²) in [6.45, 7) is 4.19. The molecule has 2 unspecified atom stereocenters. The van der Waals surface area contributed by atoms with Gasteiger partial charge in [0.2, 0.25) is 0 Å². The van der Waals surface area contributed by atoms with E-state index in [-0.39, 0.29) is 18.3 Å². The normalized spacial score (nSPS) is 20.9. The summed E-state index contributed by atoms with van der Waals surface area (Å²) >= 11 is 1.46. The number of benzene rings is 1. The molecular formula is C17H22ClN3OS. The van der Waals surface area contributed by atoms with Gasteiger partial charge in [0.15, 0.2) is 0 Å². The number of carbonyl (C=O) groups excluding carboxylic acids is 1. The van der Waals surface area contributed by atoms with Crippen molar-refractivity contribution in [2.45, 2.75) is 25.8 Å². The van der Waals surface area contributed by atoms with Crippen LogP contribution in [0.4, 0.5) is 0 Å². The van der Waals surface area contributed by atoms with E-state index in [4.69, 9.17) is 5.73 Å². The fourth-order valence-electron chi connectivity index (χ4n) is 3.19. The Kier molecular flexibility index (Phi) is 6.16. The highest BCUT2D eigenvalue weighted by Crippen LogP contribution is 2.33. The fraction of sp³-hybridized carbons (Fsp3) is 0.412. The second-order valence-corrected chi connectivity index (χ2v) is 6.81. The molecule has 2 heterocycles. The minimum absolute atomic E-state index is 0. The van der Waals surface area contributed by atoms with Crippen LogP contribution >= 0.6 is 23.7 Å². The number of amides is 1. The van der Waals surface area contributed by atoms with Crippen molar-refractivity contribution in [3.05, 3.63) is 52.0 Å². The van der Waals surface area contributed by atoms with Gasteiger partial charge in [0.25, 0.3) is 5.91 Å². The van der Waals surface area contributed by atoms with Crippen LogP contribution in [0.1, 0.15) is 40.3 Å². The maximum Gasteiger partial charge on any atom is 0.273 e. The lowest BCUT2D eigenvalue weighted by Gasteiger charge is -2.37. The molecule has 1 aliphatic rings. The van der Waals surface area contributed by atoms with Gasteiger partial charge in [-0.2, -0.15) is 0 Å². The van der Waals surface area contributed by atoms with E-state index in [0.717, 1.165) is 24.5 Å². The Bertz CT molecular complexity index is 646. The average molecular weight is 352 g/mol. The van der Waals surface area contributed by atoms with Crippen molar-refractivity contribution in [1.29, 1.82) is 0 Å². The molecule has 1 fully saturated rings. The lowest BCUT2D eigenvalue weighted by atomic mass is 9.81. The first-order valence-corrected chi connectivity index (χ1v) is 8.55. The molecule has 124 valence electrons. The summed E-state index contributed by atoms with van der Waals surface area (Å²) in [6, 6.07) is 10.6.